The average molecular weight is 578 g/mol. The Labute approximate surface area is 243 Å². The number of rotatable bonds is 8. The molecule has 1 amide bonds. The van der Waals surface area contributed by atoms with E-state index >= 15 is 0 Å². The fourth-order valence-corrected chi connectivity index (χ4v) is 6.90. The first-order chi connectivity index (χ1) is 19.5. The Bertz CT molecular complexity index is 1490. The maximum Gasteiger partial charge on any atom is 0.253 e. The number of likely N-dealkylation sites (N-methyl/N-ethyl adjacent to an activating group) is 1. The summed E-state index contributed by atoms with van der Waals surface area (Å²) in [4.78, 5) is 17.9. The predicted octanol–water partition coefficient (Wildman–Crippen LogP) is 4.15. The number of likely N-dealkylation sites (tertiary alicyclic amines) is 1. The number of carbonyl (C=O) groups is 1. The maximum atomic E-state index is 13.6. The molecule has 3 aromatic carbocycles. The Morgan fingerprint density at radius 3 is 2.46 bits per heavy atom. The molecule has 9 heteroatoms. The number of ether oxygens (including phenoxy) is 1. The Hall–Kier alpha value is -3.24. The molecule has 41 heavy (non-hydrogen) atoms. The normalized spacial score (nSPS) is 22.1. The van der Waals surface area contributed by atoms with Gasteiger partial charge in [-0.25, -0.2) is 13.1 Å². The summed E-state index contributed by atoms with van der Waals surface area (Å²) >= 11 is 0. The maximum absolute atomic E-state index is 13.6. The van der Waals surface area contributed by atoms with Crippen molar-refractivity contribution in [2.45, 2.75) is 68.8 Å². The number of benzene rings is 3. The zero-order valence-corrected chi connectivity index (χ0v) is 24.9. The van der Waals surface area contributed by atoms with E-state index in [4.69, 9.17) is 4.74 Å². The number of aliphatic hydroxyl groups is 1. The molecule has 0 radical (unpaired) electrons. The minimum atomic E-state index is -3.97. The van der Waals surface area contributed by atoms with E-state index in [1.54, 1.807) is 61.2 Å². The third-order valence-electron chi connectivity index (χ3n) is 8.28. The van der Waals surface area contributed by atoms with Crippen molar-refractivity contribution in [1.82, 2.24) is 14.5 Å². The Morgan fingerprint density at radius 2 is 1.78 bits per heavy atom. The molecule has 2 aliphatic rings. The van der Waals surface area contributed by atoms with Crippen LogP contribution >= 0.6 is 0 Å². The number of hydrogen-bond donors (Lipinski definition) is 2. The minimum Gasteiger partial charge on any atom is -0.485 e. The van der Waals surface area contributed by atoms with Crippen LogP contribution in [0.15, 0.2) is 77.7 Å². The number of aliphatic hydroxyl groups excluding tert-OH is 1. The van der Waals surface area contributed by atoms with Gasteiger partial charge in [-0.1, -0.05) is 49.4 Å². The predicted molar refractivity (Wildman–Crippen MR) is 158 cm³/mol. The molecule has 1 fully saturated rings. The van der Waals surface area contributed by atoms with Crippen LogP contribution in [-0.2, 0) is 23.0 Å². The van der Waals surface area contributed by atoms with Crippen molar-refractivity contribution in [1.29, 1.82) is 0 Å². The molecular formula is C32H39N3O5S. The highest BCUT2D eigenvalue weighted by molar-refractivity contribution is 7.89. The van der Waals surface area contributed by atoms with Gasteiger partial charge in [0.2, 0.25) is 10.0 Å². The number of aryl methyl sites for hydroxylation is 1. The van der Waals surface area contributed by atoms with Gasteiger partial charge in [0.25, 0.3) is 5.91 Å². The molecule has 5 rings (SSSR count). The number of nitrogens with one attached hydrogen (secondary N) is 1. The number of fused-ring (bicyclic) bond motifs is 1. The Balaban J connectivity index is 1.37. The van der Waals surface area contributed by atoms with E-state index in [0.29, 0.717) is 16.9 Å². The SMILES string of the molecule is CCc1ccc(S(=O)(=O)N[C@@H]2c3cc(C(=O)N(C)C4CCN(Cc5ccccc5)C4)ccc3OC(C)(C)[C@H]2O)cc1. The first kappa shape index (κ1) is 29.3. The molecule has 0 aromatic heterocycles. The van der Waals surface area contributed by atoms with Gasteiger partial charge in [0.15, 0.2) is 0 Å². The number of carbonyl (C=O) groups excluding carboxylic acids is 1. The van der Waals surface area contributed by atoms with E-state index in [0.717, 1.165) is 38.0 Å². The third-order valence-corrected chi connectivity index (χ3v) is 9.74. The first-order valence-corrected chi connectivity index (χ1v) is 15.6. The number of hydrogen-bond acceptors (Lipinski definition) is 6. The molecule has 2 heterocycles. The van der Waals surface area contributed by atoms with Crippen LogP contribution in [0.3, 0.4) is 0 Å². The van der Waals surface area contributed by atoms with E-state index < -0.39 is 27.8 Å². The van der Waals surface area contributed by atoms with E-state index in [1.807, 2.05) is 32.2 Å². The van der Waals surface area contributed by atoms with Gasteiger partial charge in [0.1, 0.15) is 17.5 Å². The van der Waals surface area contributed by atoms with E-state index in [-0.39, 0.29) is 16.8 Å². The molecule has 3 atom stereocenters. The van der Waals surface area contributed by atoms with Crippen molar-refractivity contribution in [3.8, 4) is 5.75 Å². The van der Waals surface area contributed by atoms with Crippen LogP contribution in [0.5, 0.6) is 5.75 Å². The second-order valence-electron chi connectivity index (χ2n) is 11.6. The molecule has 0 saturated carbocycles. The van der Waals surface area contributed by atoms with Gasteiger partial charge in [-0.2, -0.15) is 0 Å². The van der Waals surface area contributed by atoms with Crippen molar-refractivity contribution in [2.24, 2.45) is 0 Å². The lowest BCUT2D eigenvalue weighted by atomic mass is 9.86. The fraction of sp³-hybridized carbons (Fsp3) is 0.406. The topological polar surface area (TPSA) is 99.2 Å². The lowest BCUT2D eigenvalue weighted by Gasteiger charge is -2.42. The molecule has 3 aromatic rings. The van der Waals surface area contributed by atoms with Crippen LogP contribution in [0, 0.1) is 0 Å². The molecule has 0 bridgehead atoms. The van der Waals surface area contributed by atoms with Crippen molar-refractivity contribution in [3.63, 3.8) is 0 Å². The summed E-state index contributed by atoms with van der Waals surface area (Å²) in [5, 5.41) is 11.2. The first-order valence-electron chi connectivity index (χ1n) is 14.1. The summed E-state index contributed by atoms with van der Waals surface area (Å²) in [5.41, 5.74) is 2.06. The molecule has 218 valence electrons. The molecule has 2 aliphatic heterocycles. The highest BCUT2D eigenvalue weighted by Crippen LogP contribution is 2.41. The monoisotopic (exact) mass is 577 g/mol. The highest BCUT2D eigenvalue weighted by Gasteiger charge is 2.45. The third kappa shape index (κ3) is 6.18. The Morgan fingerprint density at radius 1 is 1.07 bits per heavy atom. The minimum absolute atomic E-state index is 0.0587. The molecule has 0 aliphatic carbocycles. The van der Waals surface area contributed by atoms with Gasteiger partial charge in [-0.05, 0) is 68.1 Å². The molecular weight excluding hydrogens is 538 g/mol. The summed E-state index contributed by atoms with van der Waals surface area (Å²) in [7, 11) is -2.16. The van der Waals surface area contributed by atoms with E-state index in [9.17, 15) is 18.3 Å². The number of amides is 1. The van der Waals surface area contributed by atoms with Crippen molar-refractivity contribution >= 4 is 15.9 Å². The standard InChI is InChI=1S/C32H39N3O5S/c1-5-22-11-14-26(15-12-22)41(38,39)33-29-27-19-24(13-16-28(27)40-32(2,3)30(29)36)31(37)34(4)25-17-18-35(21-25)20-23-9-7-6-8-10-23/h6-16,19,25,29-30,33,36H,5,17-18,20-21H2,1-4H3/t25?,29-,30+/m1/s1. The summed E-state index contributed by atoms with van der Waals surface area (Å²) in [6.07, 6.45) is 0.476. The zero-order valence-electron chi connectivity index (χ0n) is 24.1. The summed E-state index contributed by atoms with van der Waals surface area (Å²) in [5.74, 6) is 0.277. The summed E-state index contributed by atoms with van der Waals surface area (Å²) in [6, 6.07) is 21.1. The summed E-state index contributed by atoms with van der Waals surface area (Å²) in [6.45, 7) is 7.95. The molecule has 2 N–H and O–H groups in total. The van der Waals surface area contributed by atoms with E-state index in [1.165, 1.54) is 5.56 Å². The molecule has 8 nitrogen and oxygen atoms in total. The van der Waals surface area contributed by atoms with E-state index in [2.05, 4.69) is 21.8 Å². The van der Waals surface area contributed by atoms with Gasteiger partial charge >= 0.3 is 0 Å². The molecule has 1 saturated heterocycles. The van der Waals surface area contributed by atoms with Crippen molar-refractivity contribution in [2.75, 3.05) is 20.1 Å². The lowest BCUT2D eigenvalue weighted by molar-refractivity contribution is -0.0603. The number of sulfonamides is 1. The second-order valence-corrected chi connectivity index (χ2v) is 13.3. The zero-order chi connectivity index (χ0) is 29.4. The molecule has 1 unspecified atom stereocenters. The van der Waals surface area contributed by atoms with Crippen LogP contribution < -0.4 is 9.46 Å². The quantitative estimate of drug-likeness (QED) is 0.418. The smallest absolute Gasteiger partial charge is 0.253 e. The highest BCUT2D eigenvalue weighted by atomic mass is 32.2. The van der Waals surface area contributed by atoms with Crippen LogP contribution in [0.4, 0.5) is 0 Å². The average Bonchev–Trinajstić information content (AvgIpc) is 3.43. The van der Waals surface area contributed by atoms with Gasteiger partial charge < -0.3 is 14.7 Å². The summed E-state index contributed by atoms with van der Waals surface area (Å²) < 4.78 is 35.5. The Kier molecular flexibility index (Phi) is 8.25. The van der Waals surface area contributed by atoms with Crippen molar-refractivity contribution in [3.05, 3.63) is 95.1 Å². The van der Waals surface area contributed by atoms with Crippen LogP contribution in [0.2, 0.25) is 0 Å². The van der Waals surface area contributed by atoms with Gasteiger partial charge in [-0.3, -0.25) is 9.69 Å². The molecule has 0 spiro atoms. The lowest BCUT2D eigenvalue weighted by Crippen LogP contribution is -2.53. The largest absolute Gasteiger partial charge is 0.485 e. The van der Waals surface area contributed by atoms with Gasteiger partial charge in [0, 0.05) is 43.9 Å². The number of nitrogens with zero attached hydrogens (tertiary/aromatic N) is 2. The van der Waals surface area contributed by atoms with Gasteiger partial charge in [0.05, 0.1) is 10.9 Å². The fourth-order valence-electron chi connectivity index (χ4n) is 5.68. The van der Waals surface area contributed by atoms with Crippen molar-refractivity contribution < 1.29 is 23.1 Å². The van der Waals surface area contributed by atoms with Gasteiger partial charge in [-0.15, -0.1) is 0 Å². The van der Waals surface area contributed by atoms with Crippen LogP contribution in [0.1, 0.15) is 60.3 Å². The second kappa shape index (κ2) is 11.6. The van der Waals surface area contributed by atoms with Crippen LogP contribution in [-0.4, -0.2) is 67.1 Å². The van der Waals surface area contributed by atoms with Crippen LogP contribution in [0.25, 0.3) is 0 Å².